The van der Waals surface area contributed by atoms with Gasteiger partial charge in [0.15, 0.2) is 0 Å². The number of ether oxygens (including phenoxy) is 1. The van der Waals surface area contributed by atoms with E-state index in [0.29, 0.717) is 0 Å². The predicted octanol–water partition coefficient (Wildman–Crippen LogP) is 3.40. The minimum atomic E-state index is -1.76. The monoisotopic (exact) mass is 304 g/mol. The van der Waals surface area contributed by atoms with Crippen LogP contribution in [0.1, 0.15) is 0 Å². The Morgan fingerprint density at radius 2 is 2.18 bits per heavy atom. The summed E-state index contributed by atoms with van der Waals surface area (Å²) >= 11 is 8.85. The van der Waals surface area contributed by atoms with Gasteiger partial charge in [0.1, 0.15) is 5.94 Å². The molecule has 0 aliphatic carbocycles. The second kappa shape index (κ2) is 7.27. The fraction of sp³-hybridized carbons (Fsp3) is 0.182. The van der Waals surface area contributed by atoms with Gasteiger partial charge in [-0.3, -0.25) is 0 Å². The van der Waals surface area contributed by atoms with Gasteiger partial charge in [-0.2, -0.15) is 0 Å². The van der Waals surface area contributed by atoms with Crippen molar-refractivity contribution in [1.82, 2.24) is 0 Å². The second-order valence-electron chi connectivity index (χ2n) is 2.93. The van der Waals surface area contributed by atoms with E-state index in [-0.39, 0.29) is 5.94 Å². The van der Waals surface area contributed by atoms with Crippen LogP contribution in [-0.4, -0.2) is 18.2 Å². The highest BCUT2D eigenvalue weighted by molar-refractivity contribution is 9.02. The van der Waals surface area contributed by atoms with Crippen molar-refractivity contribution in [1.29, 1.82) is 0 Å². The van der Waals surface area contributed by atoms with Gasteiger partial charge >= 0.3 is 5.97 Å². The zero-order valence-electron chi connectivity index (χ0n) is 9.37. The summed E-state index contributed by atoms with van der Waals surface area (Å²) in [4.78, 5) is 10.9. The predicted molar refractivity (Wildman–Crippen MR) is 82.6 cm³/mol. The number of hydrogen-bond acceptors (Lipinski definition) is 5. The van der Waals surface area contributed by atoms with E-state index in [1.54, 1.807) is 11.4 Å². The van der Waals surface area contributed by atoms with Gasteiger partial charge in [0.25, 0.3) is 0 Å². The number of benzene rings is 1. The largest absolute Gasteiger partial charge is 0.451 e. The Bertz CT molecular complexity index is 434. The van der Waals surface area contributed by atoms with Crippen molar-refractivity contribution in [3.63, 3.8) is 0 Å². The average Bonchev–Trinajstić information content (AvgIpc) is 2.39. The molecule has 0 bridgehead atoms. The summed E-state index contributed by atoms with van der Waals surface area (Å²) in [6.07, 6.45) is 3.15. The van der Waals surface area contributed by atoms with Crippen LogP contribution >= 0.6 is 27.2 Å². The highest BCUT2D eigenvalue weighted by atomic mass is 33.2. The van der Waals surface area contributed by atoms with Crippen LogP contribution in [0.2, 0.25) is 0 Å². The molecular weight excluding hydrogens is 291 g/mol. The maximum absolute atomic E-state index is 10.9. The van der Waals surface area contributed by atoms with Crippen LogP contribution in [0.5, 0.6) is 0 Å². The molecule has 0 saturated carbocycles. The van der Waals surface area contributed by atoms with Gasteiger partial charge in [-0.15, -0.1) is 11.4 Å². The van der Waals surface area contributed by atoms with Gasteiger partial charge in [0.2, 0.25) is 0 Å². The molecule has 0 heterocycles. The molecule has 1 atom stereocenters. The van der Waals surface area contributed by atoms with Gasteiger partial charge in [0.05, 0.1) is 4.44 Å². The van der Waals surface area contributed by atoms with Gasteiger partial charge in [0, 0.05) is 11.4 Å². The van der Waals surface area contributed by atoms with E-state index in [0.717, 1.165) is 11.4 Å². The van der Waals surface area contributed by atoms with Crippen LogP contribution in [0.3, 0.4) is 0 Å². The van der Waals surface area contributed by atoms with Crippen molar-refractivity contribution >= 4 is 50.3 Å². The lowest BCUT2D eigenvalue weighted by molar-refractivity contribution is -0.135. The lowest BCUT2D eigenvalue weighted by Gasteiger charge is -2.18. The molecule has 1 rings (SSSR count). The van der Waals surface area contributed by atoms with E-state index in [4.69, 9.17) is 16.5 Å². The summed E-state index contributed by atoms with van der Waals surface area (Å²) in [5.41, 5.74) is 0. The Labute approximate surface area is 115 Å². The Kier molecular flexibility index (Phi) is 6.34. The third-order valence-electron chi connectivity index (χ3n) is 1.90. The molecule has 0 aliphatic rings. The van der Waals surface area contributed by atoms with E-state index < -0.39 is 10.4 Å². The van der Waals surface area contributed by atoms with E-state index in [1.807, 2.05) is 36.6 Å². The molecule has 0 saturated heterocycles. The van der Waals surface area contributed by atoms with Crippen LogP contribution in [0.15, 0.2) is 43.0 Å². The van der Waals surface area contributed by atoms with E-state index in [1.165, 1.54) is 11.4 Å². The zero-order chi connectivity index (χ0) is 12.7. The lowest BCUT2D eigenvalue weighted by Crippen LogP contribution is -2.02. The molecule has 0 aliphatic heterocycles. The quantitative estimate of drug-likeness (QED) is 0.347. The van der Waals surface area contributed by atoms with Crippen LogP contribution in [-0.2, 0) is 21.3 Å². The van der Waals surface area contributed by atoms with Gasteiger partial charge in [-0.05, 0) is 6.26 Å². The first-order valence-electron chi connectivity index (χ1n) is 4.77. The molecule has 0 fully saturated rings. The highest BCUT2D eigenvalue weighted by Crippen LogP contribution is 2.67. The van der Waals surface area contributed by atoms with Crippen molar-refractivity contribution in [3.05, 3.63) is 43.0 Å². The van der Waals surface area contributed by atoms with E-state index >= 15 is 0 Å². The summed E-state index contributed by atoms with van der Waals surface area (Å²) in [6, 6.07) is 9.97. The van der Waals surface area contributed by atoms with Gasteiger partial charge < -0.3 is 4.74 Å². The highest BCUT2D eigenvalue weighted by Gasteiger charge is 2.19. The number of carbonyl (C=O) groups is 1. The molecule has 92 valence electrons. The zero-order valence-corrected chi connectivity index (χ0v) is 12.7. The number of rotatable bonds is 6. The van der Waals surface area contributed by atoms with Gasteiger partial charge in [-0.25, -0.2) is 4.79 Å². The average molecular weight is 304 g/mol. The molecule has 1 aromatic carbocycles. The van der Waals surface area contributed by atoms with Crippen LogP contribution in [0.25, 0.3) is 0 Å². The second-order valence-corrected chi connectivity index (χ2v) is 14.2. The van der Waals surface area contributed by atoms with Crippen molar-refractivity contribution in [3.8, 4) is 0 Å². The van der Waals surface area contributed by atoms with Crippen LogP contribution in [0.4, 0.5) is 0 Å². The Morgan fingerprint density at radius 1 is 1.53 bits per heavy atom. The maximum atomic E-state index is 10.9. The van der Waals surface area contributed by atoms with Gasteiger partial charge in [-0.1, -0.05) is 60.1 Å². The fourth-order valence-electron chi connectivity index (χ4n) is 1.06. The first-order valence-corrected chi connectivity index (χ1v) is 11.0. The first-order chi connectivity index (χ1) is 8.12. The topological polar surface area (TPSA) is 26.3 Å². The minimum Gasteiger partial charge on any atom is -0.451 e. The molecular formula is C11H13O2PS3. The molecule has 0 amide bonds. The normalized spacial score (nSPS) is 13.7. The third kappa shape index (κ3) is 4.51. The maximum Gasteiger partial charge on any atom is 0.330 e. The number of hydrogen-bond donors (Lipinski definition) is 0. The summed E-state index contributed by atoms with van der Waals surface area (Å²) in [5.74, 6) is -0.133. The summed E-state index contributed by atoms with van der Waals surface area (Å²) in [7, 11) is 0. The van der Waals surface area contributed by atoms with Crippen molar-refractivity contribution < 1.29 is 9.53 Å². The molecule has 2 nitrogen and oxygen atoms in total. The third-order valence-corrected chi connectivity index (χ3v) is 13.1. The Hall–Kier alpha value is -0.220. The molecule has 1 aromatic rings. The summed E-state index contributed by atoms with van der Waals surface area (Å²) < 4.78 is 3.20. The fourth-order valence-corrected chi connectivity index (χ4v) is 7.16. The van der Waals surface area contributed by atoms with Crippen molar-refractivity contribution in [2.24, 2.45) is 0 Å². The standard InChI is InChI=1S/C11H13O2PS3/c1-3-11(12)13-9-17-14(15,16-2)10-7-5-4-6-8-10/h3-8H,1,9H2,2H3. The smallest absolute Gasteiger partial charge is 0.330 e. The summed E-state index contributed by atoms with van der Waals surface area (Å²) in [5, 5.41) is 1.14. The molecule has 1 unspecified atom stereocenters. The van der Waals surface area contributed by atoms with Crippen LogP contribution in [0, 0.1) is 0 Å². The lowest BCUT2D eigenvalue weighted by atomic mass is 10.4. The number of carbonyl (C=O) groups excluding carboxylic acids is 1. The molecule has 17 heavy (non-hydrogen) atoms. The Balaban J connectivity index is 2.67. The molecule has 0 spiro atoms. The van der Waals surface area contributed by atoms with Crippen LogP contribution < -0.4 is 5.30 Å². The van der Waals surface area contributed by atoms with E-state index in [2.05, 4.69) is 6.58 Å². The molecule has 0 aromatic heterocycles. The Morgan fingerprint density at radius 3 is 2.71 bits per heavy atom. The van der Waals surface area contributed by atoms with Crippen molar-refractivity contribution in [2.45, 2.75) is 0 Å². The first kappa shape index (κ1) is 14.8. The summed E-state index contributed by atoms with van der Waals surface area (Å²) in [6.45, 7) is 3.35. The molecule has 0 radical (unpaired) electrons. The molecule has 0 N–H and O–H groups in total. The molecule has 6 heteroatoms. The minimum absolute atomic E-state index is 0.276. The number of esters is 1. The van der Waals surface area contributed by atoms with E-state index in [9.17, 15) is 4.79 Å². The van der Waals surface area contributed by atoms with Crippen molar-refractivity contribution in [2.75, 3.05) is 12.2 Å². The SMILES string of the molecule is C=CC(=O)OCSP(=S)(SC)c1ccccc1.